The molecule has 2 nitrogen and oxygen atoms in total. The minimum absolute atomic E-state index is 0.354. The average Bonchev–Trinajstić information content (AvgIpc) is 2.65. The Balaban J connectivity index is 1.50. The van der Waals surface area contributed by atoms with Gasteiger partial charge in [0.1, 0.15) is 0 Å². The van der Waals surface area contributed by atoms with Crippen molar-refractivity contribution in [3.05, 3.63) is 0 Å². The molecule has 3 unspecified atom stereocenters. The van der Waals surface area contributed by atoms with E-state index >= 15 is 0 Å². The molecule has 0 spiro atoms. The number of carbonyl (C=O) groups excluding carboxylic acids is 1. The van der Waals surface area contributed by atoms with Crippen LogP contribution in [0.3, 0.4) is 0 Å². The fourth-order valence-electron chi connectivity index (χ4n) is 3.81. The van der Waals surface area contributed by atoms with E-state index in [0.29, 0.717) is 23.3 Å². The maximum atomic E-state index is 12.1. The van der Waals surface area contributed by atoms with Gasteiger partial charge in [-0.15, -0.1) is 0 Å². The van der Waals surface area contributed by atoms with Crippen LogP contribution >= 0.6 is 0 Å². The van der Waals surface area contributed by atoms with Crippen molar-refractivity contribution in [1.82, 2.24) is 5.32 Å². The van der Waals surface area contributed by atoms with Gasteiger partial charge in [-0.1, -0.05) is 13.8 Å². The minimum Gasteiger partial charge on any atom is -0.353 e. The summed E-state index contributed by atoms with van der Waals surface area (Å²) in [5.74, 6) is 2.54. The Morgan fingerprint density at radius 2 is 1.88 bits per heavy atom. The number of hydrogen-bond donors (Lipinski definition) is 1. The Morgan fingerprint density at radius 1 is 1.19 bits per heavy atom. The monoisotopic (exact) mass is 221 g/mol. The lowest BCUT2D eigenvalue weighted by molar-refractivity contribution is -0.125. The summed E-state index contributed by atoms with van der Waals surface area (Å²) in [4.78, 5) is 12.1. The third-order valence-corrected chi connectivity index (χ3v) is 4.93. The van der Waals surface area contributed by atoms with Gasteiger partial charge in [0.15, 0.2) is 0 Å². The molecule has 0 aromatic carbocycles. The van der Waals surface area contributed by atoms with E-state index in [1.165, 1.54) is 32.1 Å². The summed E-state index contributed by atoms with van der Waals surface area (Å²) < 4.78 is 0. The fourth-order valence-corrected chi connectivity index (χ4v) is 3.81. The summed E-state index contributed by atoms with van der Waals surface area (Å²) in [6.45, 7) is 4.62. The molecule has 3 saturated carbocycles. The predicted octanol–water partition coefficient (Wildman–Crippen LogP) is 2.73. The zero-order chi connectivity index (χ0) is 11.3. The van der Waals surface area contributed by atoms with Crippen LogP contribution in [-0.2, 0) is 4.79 Å². The van der Waals surface area contributed by atoms with Gasteiger partial charge in [-0.3, -0.25) is 4.79 Å². The number of carbonyl (C=O) groups is 1. The Bertz CT molecular complexity index is 300. The molecule has 2 heteroatoms. The Morgan fingerprint density at radius 3 is 2.44 bits per heavy atom. The molecule has 90 valence electrons. The molecule has 3 atom stereocenters. The first kappa shape index (κ1) is 10.6. The highest BCUT2D eigenvalue weighted by Gasteiger charge is 2.48. The average molecular weight is 221 g/mol. The molecule has 0 aliphatic heterocycles. The van der Waals surface area contributed by atoms with E-state index < -0.39 is 0 Å². The molecule has 0 saturated heterocycles. The molecule has 3 aliphatic rings. The number of hydrogen-bond acceptors (Lipinski definition) is 1. The van der Waals surface area contributed by atoms with E-state index in [0.717, 1.165) is 18.3 Å². The first-order chi connectivity index (χ1) is 7.53. The maximum absolute atomic E-state index is 12.1. The normalized spacial score (nSPS) is 44.1. The topological polar surface area (TPSA) is 29.1 Å². The van der Waals surface area contributed by atoms with Gasteiger partial charge >= 0.3 is 0 Å². The van der Waals surface area contributed by atoms with E-state index in [2.05, 4.69) is 19.2 Å². The lowest BCUT2D eigenvalue weighted by Gasteiger charge is -2.20. The van der Waals surface area contributed by atoms with Gasteiger partial charge in [-0.2, -0.15) is 0 Å². The van der Waals surface area contributed by atoms with Crippen molar-refractivity contribution in [1.29, 1.82) is 0 Å². The summed E-state index contributed by atoms with van der Waals surface area (Å²) >= 11 is 0. The van der Waals surface area contributed by atoms with Gasteiger partial charge in [0, 0.05) is 12.0 Å². The van der Waals surface area contributed by atoms with Gasteiger partial charge in [-0.25, -0.2) is 0 Å². The van der Waals surface area contributed by atoms with Gasteiger partial charge in [0.25, 0.3) is 0 Å². The molecule has 0 bridgehead atoms. The predicted molar refractivity (Wildman–Crippen MR) is 63.9 cm³/mol. The zero-order valence-corrected chi connectivity index (χ0v) is 10.5. The third kappa shape index (κ3) is 1.99. The van der Waals surface area contributed by atoms with Crippen LogP contribution in [0.4, 0.5) is 0 Å². The molecule has 3 rings (SSSR count). The Hall–Kier alpha value is -0.530. The summed E-state index contributed by atoms with van der Waals surface area (Å²) in [6, 6.07) is 0.458. The van der Waals surface area contributed by atoms with Gasteiger partial charge in [0.05, 0.1) is 0 Å². The smallest absolute Gasteiger partial charge is 0.223 e. The molecule has 3 fully saturated rings. The van der Waals surface area contributed by atoms with Crippen LogP contribution in [0.5, 0.6) is 0 Å². The van der Waals surface area contributed by atoms with Gasteiger partial charge in [-0.05, 0) is 55.8 Å². The van der Waals surface area contributed by atoms with Crippen molar-refractivity contribution < 1.29 is 4.79 Å². The van der Waals surface area contributed by atoms with Crippen molar-refractivity contribution in [3.63, 3.8) is 0 Å². The highest BCUT2D eigenvalue weighted by Crippen LogP contribution is 2.54. The Labute approximate surface area is 98.2 Å². The second-order valence-corrected chi connectivity index (χ2v) is 7.04. The number of nitrogens with one attached hydrogen (secondary N) is 1. The molecule has 0 radical (unpaired) electrons. The van der Waals surface area contributed by atoms with Crippen LogP contribution in [0.2, 0.25) is 0 Å². The van der Waals surface area contributed by atoms with E-state index in [4.69, 9.17) is 0 Å². The van der Waals surface area contributed by atoms with Crippen molar-refractivity contribution in [2.24, 2.45) is 23.2 Å². The van der Waals surface area contributed by atoms with Crippen LogP contribution in [0, 0.1) is 23.2 Å². The lowest BCUT2D eigenvalue weighted by atomic mass is 9.91. The molecule has 1 amide bonds. The molecule has 1 N–H and O–H groups in total. The van der Waals surface area contributed by atoms with Gasteiger partial charge in [0.2, 0.25) is 5.91 Å². The summed E-state index contributed by atoms with van der Waals surface area (Å²) in [7, 11) is 0. The molecule has 0 aromatic rings. The highest BCUT2D eigenvalue weighted by atomic mass is 16.1. The highest BCUT2D eigenvalue weighted by molar-refractivity contribution is 5.79. The first-order valence-electron chi connectivity index (χ1n) is 6.84. The molecular formula is C14H23NO. The molecular weight excluding hydrogens is 198 g/mol. The van der Waals surface area contributed by atoms with E-state index in [9.17, 15) is 4.79 Å². The van der Waals surface area contributed by atoms with Crippen molar-refractivity contribution in [2.75, 3.05) is 0 Å². The molecule has 0 aromatic heterocycles. The third-order valence-electron chi connectivity index (χ3n) is 4.93. The zero-order valence-electron chi connectivity index (χ0n) is 10.5. The van der Waals surface area contributed by atoms with Crippen LogP contribution < -0.4 is 5.32 Å². The second kappa shape index (κ2) is 3.48. The first-order valence-corrected chi connectivity index (χ1v) is 6.84. The van der Waals surface area contributed by atoms with Crippen molar-refractivity contribution in [3.8, 4) is 0 Å². The second-order valence-electron chi connectivity index (χ2n) is 7.04. The largest absolute Gasteiger partial charge is 0.353 e. The molecule has 0 heterocycles. The van der Waals surface area contributed by atoms with Crippen LogP contribution in [-0.4, -0.2) is 11.9 Å². The number of rotatable bonds is 2. The summed E-state index contributed by atoms with van der Waals surface area (Å²) in [6.07, 6.45) is 7.35. The lowest BCUT2D eigenvalue weighted by Crippen LogP contribution is -2.37. The minimum atomic E-state index is 0.354. The van der Waals surface area contributed by atoms with Crippen LogP contribution in [0.1, 0.15) is 52.4 Å². The van der Waals surface area contributed by atoms with Gasteiger partial charge < -0.3 is 5.32 Å². The standard InChI is InChI=1S/C14H23NO/c1-14(2)4-3-12(8-14)15-13(16)11-6-9-5-10(9)7-11/h9-12H,3-8H2,1-2H3,(H,15,16). The quantitative estimate of drug-likeness (QED) is 0.763. The van der Waals surface area contributed by atoms with E-state index in [-0.39, 0.29) is 0 Å². The van der Waals surface area contributed by atoms with Crippen LogP contribution in [0.25, 0.3) is 0 Å². The molecule has 3 aliphatic carbocycles. The number of amides is 1. The Kier molecular flexibility index (Phi) is 2.31. The summed E-state index contributed by atoms with van der Waals surface area (Å²) in [5.41, 5.74) is 0.440. The maximum Gasteiger partial charge on any atom is 0.223 e. The molecule has 16 heavy (non-hydrogen) atoms. The SMILES string of the molecule is CC1(C)CCC(NC(=O)C2CC3CC3C2)C1. The van der Waals surface area contributed by atoms with E-state index in [1.807, 2.05) is 0 Å². The van der Waals surface area contributed by atoms with E-state index in [1.54, 1.807) is 0 Å². The fraction of sp³-hybridized carbons (Fsp3) is 0.929. The van der Waals surface area contributed by atoms with Crippen molar-refractivity contribution >= 4 is 5.91 Å². The van der Waals surface area contributed by atoms with Crippen LogP contribution in [0.15, 0.2) is 0 Å². The van der Waals surface area contributed by atoms with Crippen molar-refractivity contribution in [2.45, 2.75) is 58.4 Å². The summed E-state index contributed by atoms with van der Waals surface area (Å²) in [5, 5.41) is 3.28. The number of fused-ring (bicyclic) bond motifs is 1.